The minimum atomic E-state index is -0.465. The van der Waals surface area contributed by atoms with Crippen LogP contribution in [-0.4, -0.2) is 55.7 Å². The zero-order chi connectivity index (χ0) is 36.7. The fourth-order valence-electron chi connectivity index (χ4n) is 7.71. The average molecular weight is 723 g/mol. The molecule has 2 aromatic carbocycles. The van der Waals surface area contributed by atoms with Crippen molar-refractivity contribution in [2.24, 2.45) is 14.1 Å². The molecular weight excluding hydrogens is 680 g/mol. The van der Waals surface area contributed by atoms with Crippen molar-refractivity contribution in [1.82, 2.24) is 34.7 Å². The highest BCUT2D eigenvalue weighted by Crippen LogP contribution is 2.41. The third-order valence-corrected chi connectivity index (χ3v) is 10.9. The Labute approximate surface area is 306 Å². The summed E-state index contributed by atoms with van der Waals surface area (Å²) in [5.74, 6) is 1.66. The first-order valence-corrected chi connectivity index (χ1v) is 18.1. The second-order valence-electron chi connectivity index (χ2n) is 13.9. The van der Waals surface area contributed by atoms with Crippen LogP contribution in [0.15, 0.2) is 52.1 Å². The Bertz CT molecular complexity index is 2340. The normalized spacial score (nSPS) is 17.8. The van der Waals surface area contributed by atoms with E-state index in [-0.39, 0.29) is 22.5 Å². The smallest absolute Gasteiger partial charge is 0.332 e. The molecule has 2 fully saturated rings. The molecule has 52 heavy (non-hydrogen) atoms. The number of carbonyl (C=O) groups excluding carboxylic acids is 1. The third-order valence-electron chi connectivity index (χ3n) is 10.5. The number of carbonyl (C=O) groups is 1. The van der Waals surface area contributed by atoms with E-state index in [4.69, 9.17) is 21.3 Å². The van der Waals surface area contributed by atoms with Crippen molar-refractivity contribution in [3.05, 3.63) is 90.8 Å². The van der Waals surface area contributed by atoms with Gasteiger partial charge in [-0.05, 0) is 87.7 Å². The Balaban J connectivity index is 0.000000324. The summed E-state index contributed by atoms with van der Waals surface area (Å²) in [5.41, 5.74) is 6.98. The van der Waals surface area contributed by atoms with Crippen molar-refractivity contribution >= 4 is 40.0 Å². The molecule has 5 aromatic rings. The number of hydrogen-bond donors (Lipinski definition) is 3. The van der Waals surface area contributed by atoms with Crippen LogP contribution in [0.3, 0.4) is 0 Å². The van der Waals surface area contributed by atoms with Gasteiger partial charge in [0, 0.05) is 49.4 Å². The molecule has 3 aliphatic rings. The molecule has 2 aliphatic heterocycles. The largest absolute Gasteiger partial charge is 0.481 e. The Morgan fingerprint density at radius 1 is 0.904 bits per heavy atom. The number of methoxy groups -OCH3 is 1. The summed E-state index contributed by atoms with van der Waals surface area (Å²) in [6.07, 6.45) is 7.12. The number of rotatable bonds is 5. The van der Waals surface area contributed by atoms with Crippen molar-refractivity contribution in [3.8, 4) is 28.3 Å². The lowest BCUT2D eigenvalue weighted by atomic mass is 9.88. The average Bonchev–Trinajstić information content (AvgIpc) is 3.80. The summed E-state index contributed by atoms with van der Waals surface area (Å²) in [4.78, 5) is 50.4. The van der Waals surface area contributed by atoms with Crippen LogP contribution in [0.1, 0.15) is 54.6 Å². The second-order valence-corrected chi connectivity index (χ2v) is 14.3. The van der Waals surface area contributed by atoms with Gasteiger partial charge in [-0.2, -0.15) is 0 Å². The number of anilines is 2. The van der Waals surface area contributed by atoms with Crippen molar-refractivity contribution in [3.63, 3.8) is 0 Å². The topological polar surface area (TPSA) is 145 Å². The molecule has 0 bridgehead atoms. The molecule has 1 amide bonds. The summed E-state index contributed by atoms with van der Waals surface area (Å²) < 4.78 is 8.03. The van der Waals surface area contributed by atoms with Crippen molar-refractivity contribution in [2.75, 3.05) is 25.5 Å². The van der Waals surface area contributed by atoms with Gasteiger partial charge in [-0.3, -0.25) is 18.7 Å². The highest BCUT2D eigenvalue weighted by Gasteiger charge is 2.37. The summed E-state index contributed by atoms with van der Waals surface area (Å²) >= 11 is 7.08. The highest BCUT2D eigenvalue weighted by atomic mass is 35.5. The molecule has 1 spiro atoms. The van der Waals surface area contributed by atoms with Crippen LogP contribution < -0.4 is 31.9 Å². The van der Waals surface area contributed by atoms with Gasteiger partial charge in [0.15, 0.2) is 5.65 Å². The number of aromatic nitrogens is 5. The van der Waals surface area contributed by atoms with Crippen molar-refractivity contribution in [2.45, 2.75) is 64.3 Å². The van der Waals surface area contributed by atoms with Gasteiger partial charge in [-0.25, -0.2) is 19.7 Å². The van der Waals surface area contributed by atoms with Crippen molar-refractivity contribution < 1.29 is 9.53 Å². The van der Waals surface area contributed by atoms with Crippen LogP contribution in [0.2, 0.25) is 5.02 Å². The van der Waals surface area contributed by atoms with E-state index in [2.05, 4.69) is 32.0 Å². The number of hydrogen-bond acceptors (Lipinski definition) is 9. The van der Waals surface area contributed by atoms with Gasteiger partial charge in [0.25, 0.3) is 5.56 Å². The van der Waals surface area contributed by atoms with Crippen LogP contribution in [0.5, 0.6) is 5.88 Å². The fourth-order valence-corrected chi connectivity index (χ4v) is 8.03. The number of nitrogens with zero attached hydrogens (tertiary/aromatic N) is 5. The predicted molar refractivity (Wildman–Crippen MR) is 204 cm³/mol. The van der Waals surface area contributed by atoms with E-state index in [1.165, 1.54) is 22.7 Å². The molecule has 3 aromatic heterocycles. The Morgan fingerprint density at radius 3 is 2.42 bits per heavy atom. The van der Waals surface area contributed by atoms with Crippen LogP contribution in [-0.2, 0) is 31.7 Å². The lowest BCUT2D eigenvalue weighted by Crippen LogP contribution is -2.52. The van der Waals surface area contributed by atoms with E-state index in [0.717, 1.165) is 96.2 Å². The lowest BCUT2D eigenvalue weighted by Gasteiger charge is -2.33. The number of pyridine rings is 1. The molecular formula is C39H43ClN8O4. The number of ether oxygens (including phenoxy) is 1. The summed E-state index contributed by atoms with van der Waals surface area (Å²) in [7, 11) is 4.69. The molecule has 1 atom stereocenters. The fraction of sp³-hybridized carbons (Fsp3) is 0.385. The van der Waals surface area contributed by atoms with Gasteiger partial charge in [0.05, 0.1) is 23.4 Å². The number of benzene rings is 2. The van der Waals surface area contributed by atoms with E-state index in [1.807, 2.05) is 43.3 Å². The quantitative estimate of drug-likeness (QED) is 0.221. The zero-order valence-electron chi connectivity index (χ0n) is 30.2. The molecule has 270 valence electrons. The van der Waals surface area contributed by atoms with E-state index >= 15 is 0 Å². The monoisotopic (exact) mass is 722 g/mol. The van der Waals surface area contributed by atoms with E-state index < -0.39 is 11.2 Å². The SMILES string of the molecule is COc1nc(-c2cccc(-c3cccc(Nc4nc(C)nc5c4c(=O)n(C)c(=O)n5C)c3C)c2Cl)cc2c1CCC2.O=C1CCCC2(CCNC2)N1. The standard InChI is InChI=1S/C31H29ClN6O3.C8H14N2O/c1-16-19(21-12-7-13-22(26(21)32)24-15-18-9-6-11-20(18)29(36-24)41-5)10-8-14-23(16)35-27-25-28(34-17(2)33-27)37(3)31(40)38(4)30(25)39;11-7-2-1-3-8(10-7)4-5-9-6-8/h7-8,10,12-15H,6,9,11H2,1-5H3,(H,33,34,35);9H,1-6H2,(H,10,11). The van der Waals surface area contributed by atoms with Crippen molar-refractivity contribution in [1.29, 1.82) is 0 Å². The van der Waals surface area contributed by atoms with Gasteiger partial charge in [0.2, 0.25) is 11.8 Å². The number of fused-ring (bicyclic) bond motifs is 2. The zero-order valence-corrected chi connectivity index (χ0v) is 30.9. The molecule has 8 rings (SSSR count). The molecule has 0 saturated carbocycles. The van der Waals surface area contributed by atoms with Crippen LogP contribution >= 0.6 is 11.6 Å². The first-order valence-electron chi connectivity index (χ1n) is 17.7. The van der Waals surface area contributed by atoms with Gasteiger partial charge < -0.3 is 20.7 Å². The Kier molecular flexibility index (Phi) is 9.62. The Hall–Kier alpha value is -5.07. The number of halogens is 1. The number of piperidine rings is 1. The number of aryl methyl sites for hydroxylation is 3. The highest BCUT2D eigenvalue weighted by molar-refractivity contribution is 6.36. The molecule has 1 unspecified atom stereocenters. The van der Waals surface area contributed by atoms with Gasteiger partial charge >= 0.3 is 5.69 Å². The maximum absolute atomic E-state index is 13.1. The van der Waals surface area contributed by atoms with Gasteiger partial charge in [-0.15, -0.1) is 0 Å². The maximum atomic E-state index is 13.1. The molecule has 2 saturated heterocycles. The lowest BCUT2D eigenvalue weighted by molar-refractivity contribution is -0.124. The first kappa shape index (κ1) is 35.3. The summed E-state index contributed by atoms with van der Waals surface area (Å²) in [6.45, 7) is 5.74. The van der Waals surface area contributed by atoms with Gasteiger partial charge in [0.1, 0.15) is 17.0 Å². The van der Waals surface area contributed by atoms with E-state index in [9.17, 15) is 14.4 Å². The van der Waals surface area contributed by atoms with E-state index in [1.54, 1.807) is 21.1 Å². The maximum Gasteiger partial charge on any atom is 0.332 e. The summed E-state index contributed by atoms with van der Waals surface area (Å²) in [6, 6.07) is 13.9. The second kappa shape index (κ2) is 14.2. The van der Waals surface area contributed by atoms with E-state index in [0.29, 0.717) is 22.5 Å². The molecule has 0 radical (unpaired) electrons. The predicted octanol–water partition coefficient (Wildman–Crippen LogP) is 5.29. The Morgan fingerprint density at radius 2 is 1.67 bits per heavy atom. The molecule has 13 heteroatoms. The van der Waals surface area contributed by atoms with Gasteiger partial charge in [-0.1, -0.05) is 41.9 Å². The minimum absolute atomic E-state index is 0.134. The van der Waals surface area contributed by atoms with Crippen LogP contribution in [0, 0.1) is 13.8 Å². The minimum Gasteiger partial charge on any atom is -0.481 e. The van der Waals surface area contributed by atoms with Crippen LogP contribution in [0.4, 0.5) is 11.5 Å². The first-order chi connectivity index (χ1) is 25.0. The number of amides is 1. The molecule has 5 heterocycles. The summed E-state index contributed by atoms with van der Waals surface area (Å²) in [5, 5.41) is 10.5. The molecule has 1 aliphatic carbocycles. The van der Waals surface area contributed by atoms with Crippen LogP contribution in [0.25, 0.3) is 33.4 Å². The molecule has 3 N–H and O–H groups in total. The third kappa shape index (κ3) is 6.45. The number of nitrogens with one attached hydrogen (secondary N) is 3. The molecule has 12 nitrogen and oxygen atoms in total.